The molecular weight excluding hydrogens is 190 g/mol. The highest BCUT2D eigenvalue weighted by Crippen LogP contribution is 2.32. The fourth-order valence-corrected chi connectivity index (χ4v) is 1.93. The van der Waals surface area contributed by atoms with Crippen molar-refractivity contribution < 1.29 is 0 Å². The van der Waals surface area contributed by atoms with Crippen LogP contribution in [0.3, 0.4) is 0 Å². The highest BCUT2D eigenvalue weighted by atomic mass is 15.2. The van der Waals surface area contributed by atoms with Gasteiger partial charge in [0.1, 0.15) is 11.8 Å². The van der Waals surface area contributed by atoms with Crippen LogP contribution in [0.25, 0.3) is 11.2 Å². The van der Waals surface area contributed by atoms with Gasteiger partial charge in [0.15, 0.2) is 11.5 Å². The summed E-state index contributed by atoms with van der Waals surface area (Å²) in [6.45, 7) is 3.13. The molecule has 0 spiro atoms. The van der Waals surface area contributed by atoms with Crippen molar-refractivity contribution in [3.05, 3.63) is 12.7 Å². The molecule has 1 fully saturated rings. The quantitative estimate of drug-likeness (QED) is 0.817. The number of imidazole rings is 1. The van der Waals surface area contributed by atoms with Gasteiger partial charge < -0.3 is 9.88 Å². The van der Waals surface area contributed by atoms with Crippen LogP contribution < -0.4 is 4.90 Å². The molecule has 5 heteroatoms. The predicted octanol–water partition coefficient (Wildman–Crippen LogP) is 1.34. The van der Waals surface area contributed by atoms with Crippen molar-refractivity contribution in [2.75, 3.05) is 11.4 Å². The summed E-state index contributed by atoms with van der Waals surface area (Å²) < 4.78 is 0. The number of H-pyrrole nitrogens is 1. The third kappa shape index (κ3) is 1.35. The summed E-state index contributed by atoms with van der Waals surface area (Å²) in [7, 11) is 0. The second kappa shape index (κ2) is 3.18. The molecule has 0 aliphatic heterocycles. The molecule has 1 aliphatic carbocycles. The summed E-state index contributed by atoms with van der Waals surface area (Å²) in [6.07, 6.45) is 5.80. The molecule has 0 bridgehead atoms. The van der Waals surface area contributed by atoms with Gasteiger partial charge in [-0.15, -0.1) is 0 Å². The first kappa shape index (κ1) is 8.64. The summed E-state index contributed by atoms with van der Waals surface area (Å²) in [5.41, 5.74) is 1.70. The Hall–Kier alpha value is -1.65. The minimum Gasteiger partial charge on any atom is -0.352 e. The van der Waals surface area contributed by atoms with Gasteiger partial charge in [-0.25, -0.2) is 15.0 Å². The van der Waals surface area contributed by atoms with E-state index in [0.29, 0.717) is 6.04 Å². The van der Waals surface area contributed by atoms with Gasteiger partial charge in [-0.3, -0.25) is 0 Å². The van der Waals surface area contributed by atoms with E-state index >= 15 is 0 Å². The predicted molar refractivity (Wildman–Crippen MR) is 57.7 cm³/mol. The zero-order valence-corrected chi connectivity index (χ0v) is 8.64. The van der Waals surface area contributed by atoms with Crippen molar-refractivity contribution in [3.63, 3.8) is 0 Å². The summed E-state index contributed by atoms with van der Waals surface area (Å²) in [6, 6.07) is 0.657. The van der Waals surface area contributed by atoms with E-state index in [1.807, 2.05) is 0 Å². The zero-order valence-electron chi connectivity index (χ0n) is 8.64. The molecule has 0 aromatic carbocycles. The molecule has 1 saturated carbocycles. The van der Waals surface area contributed by atoms with Crippen LogP contribution in [0.1, 0.15) is 19.8 Å². The Morgan fingerprint density at radius 3 is 3.00 bits per heavy atom. The molecule has 0 unspecified atom stereocenters. The van der Waals surface area contributed by atoms with E-state index in [0.717, 1.165) is 23.5 Å². The Bertz CT molecular complexity index is 473. The molecule has 5 nitrogen and oxygen atoms in total. The maximum atomic E-state index is 4.34. The van der Waals surface area contributed by atoms with Gasteiger partial charge in [-0.2, -0.15) is 0 Å². The first-order valence-electron chi connectivity index (χ1n) is 5.31. The lowest BCUT2D eigenvalue weighted by Crippen LogP contribution is -2.26. The Kier molecular flexibility index (Phi) is 1.83. The first-order valence-corrected chi connectivity index (χ1v) is 5.31. The van der Waals surface area contributed by atoms with Crippen molar-refractivity contribution in [2.45, 2.75) is 25.8 Å². The highest BCUT2D eigenvalue weighted by Gasteiger charge is 2.30. The standard InChI is InChI=1S/C10H13N5/c1-2-15(7-3-4-7)10-8-9(12-5-11-8)13-6-14-10/h5-7H,2-4H2,1H3,(H,11,12,13,14). The molecule has 2 aromatic rings. The van der Waals surface area contributed by atoms with Crippen LogP contribution in [0.5, 0.6) is 0 Å². The van der Waals surface area contributed by atoms with Crippen molar-refractivity contribution in [2.24, 2.45) is 0 Å². The maximum absolute atomic E-state index is 4.34. The Morgan fingerprint density at radius 2 is 2.27 bits per heavy atom. The number of nitrogens with one attached hydrogen (secondary N) is 1. The molecule has 78 valence electrons. The molecule has 0 amide bonds. The number of aromatic nitrogens is 4. The molecule has 0 saturated heterocycles. The van der Waals surface area contributed by atoms with Crippen LogP contribution in [0.2, 0.25) is 0 Å². The van der Waals surface area contributed by atoms with Gasteiger partial charge >= 0.3 is 0 Å². The van der Waals surface area contributed by atoms with Gasteiger partial charge in [0.2, 0.25) is 0 Å². The normalized spacial score (nSPS) is 15.8. The number of rotatable bonds is 3. The van der Waals surface area contributed by atoms with Gasteiger partial charge in [-0.1, -0.05) is 0 Å². The van der Waals surface area contributed by atoms with E-state index < -0.39 is 0 Å². The highest BCUT2D eigenvalue weighted by molar-refractivity contribution is 5.82. The topological polar surface area (TPSA) is 57.7 Å². The van der Waals surface area contributed by atoms with Crippen LogP contribution in [-0.2, 0) is 0 Å². The van der Waals surface area contributed by atoms with Crippen molar-refractivity contribution in [1.29, 1.82) is 0 Å². The number of anilines is 1. The molecular formula is C10H13N5. The average molecular weight is 203 g/mol. The van der Waals surface area contributed by atoms with Gasteiger partial charge in [0, 0.05) is 12.6 Å². The monoisotopic (exact) mass is 203 g/mol. The number of nitrogens with zero attached hydrogens (tertiary/aromatic N) is 4. The first-order chi connectivity index (χ1) is 7.40. The molecule has 3 rings (SSSR count). The third-order valence-corrected chi connectivity index (χ3v) is 2.80. The maximum Gasteiger partial charge on any atom is 0.162 e. The van der Waals surface area contributed by atoms with Crippen molar-refractivity contribution >= 4 is 17.0 Å². The summed E-state index contributed by atoms with van der Waals surface area (Å²) in [4.78, 5) is 18.1. The molecule has 0 atom stereocenters. The van der Waals surface area contributed by atoms with Crippen molar-refractivity contribution in [1.82, 2.24) is 19.9 Å². The SMILES string of the molecule is CCN(c1ncnc2[nH]cnc12)C1CC1. The number of fused-ring (bicyclic) bond motifs is 1. The lowest BCUT2D eigenvalue weighted by atomic mass is 10.4. The van der Waals surface area contributed by atoms with Crippen LogP contribution >= 0.6 is 0 Å². The zero-order chi connectivity index (χ0) is 10.3. The molecule has 1 N–H and O–H groups in total. The average Bonchev–Trinajstić information content (AvgIpc) is 2.97. The Balaban J connectivity index is 2.11. The van der Waals surface area contributed by atoms with Crippen LogP contribution in [-0.4, -0.2) is 32.5 Å². The van der Waals surface area contributed by atoms with E-state index in [2.05, 4.69) is 31.8 Å². The summed E-state index contributed by atoms with van der Waals surface area (Å²) >= 11 is 0. The number of aromatic amines is 1. The van der Waals surface area contributed by atoms with Gasteiger partial charge in [-0.05, 0) is 19.8 Å². The lowest BCUT2D eigenvalue weighted by molar-refractivity contribution is 0.810. The largest absolute Gasteiger partial charge is 0.352 e. The molecule has 2 heterocycles. The summed E-state index contributed by atoms with van der Waals surface area (Å²) in [5.74, 6) is 0.964. The van der Waals surface area contributed by atoms with Crippen LogP contribution in [0.4, 0.5) is 5.82 Å². The Labute approximate surface area is 87.6 Å². The molecule has 2 aromatic heterocycles. The van der Waals surface area contributed by atoms with E-state index in [1.54, 1.807) is 12.7 Å². The van der Waals surface area contributed by atoms with Gasteiger partial charge in [0.05, 0.1) is 6.33 Å². The summed E-state index contributed by atoms with van der Waals surface area (Å²) in [5, 5.41) is 0. The minimum atomic E-state index is 0.657. The van der Waals surface area contributed by atoms with E-state index in [9.17, 15) is 0 Å². The third-order valence-electron chi connectivity index (χ3n) is 2.80. The van der Waals surface area contributed by atoms with Crippen molar-refractivity contribution in [3.8, 4) is 0 Å². The van der Waals surface area contributed by atoms with E-state index in [-0.39, 0.29) is 0 Å². The number of hydrogen-bond acceptors (Lipinski definition) is 4. The second-order valence-corrected chi connectivity index (χ2v) is 3.81. The minimum absolute atomic E-state index is 0.657. The number of hydrogen-bond donors (Lipinski definition) is 1. The van der Waals surface area contributed by atoms with Crippen LogP contribution in [0, 0.1) is 0 Å². The molecule has 1 aliphatic rings. The molecule has 0 radical (unpaired) electrons. The fraction of sp³-hybridized carbons (Fsp3) is 0.500. The second-order valence-electron chi connectivity index (χ2n) is 3.81. The fourth-order valence-electron chi connectivity index (χ4n) is 1.93. The van der Waals surface area contributed by atoms with Gasteiger partial charge in [0.25, 0.3) is 0 Å². The Morgan fingerprint density at radius 1 is 1.40 bits per heavy atom. The van der Waals surface area contributed by atoms with E-state index in [4.69, 9.17) is 0 Å². The van der Waals surface area contributed by atoms with E-state index in [1.165, 1.54) is 12.8 Å². The lowest BCUT2D eigenvalue weighted by Gasteiger charge is -2.21. The van der Waals surface area contributed by atoms with Crippen LogP contribution in [0.15, 0.2) is 12.7 Å². The molecule has 15 heavy (non-hydrogen) atoms. The smallest absolute Gasteiger partial charge is 0.162 e.